The van der Waals surface area contributed by atoms with Gasteiger partial charge in [-0.1, -0.05) is 63.2 Å². The standard InChI is InChI=1S/C33H38FN3O2/c1-23(2)37(32(39)25-12-16-28(34)17-13-25)22-31(38)36(21-24-10-14-27(15-11-24)33(3,4)5)19-18-26-20-35-30-9-7-6-8-29(26)30/h6-17,20,23,35H,18-19,21-22H2,1-5H3. The van der Waals surface area contributed by atoms with E-state index in [-0.39, 0.29) is 29.8 Å². The number of H-pyrrole nitrogens is 1. The Labute approximate surface area is 230 Å². The monoisotopic (exact) mass is 527 g/mol. The van der Waals surface area contributed by atoms with Crippen molar-refractivity contribution in [3.05, 3.63) is 107 Å². The van der Waals surface area contributed by atoms with E-state index in [0.29, 0.717) is 25.1 Å². The highest BCUT2D eigenvalue weighted by molar-refractivity contribution is 5.96. The summed E-state index contributed by atoms with van der Waals surface area (Å²) in [5, 5.41) is 1.15. The molecule has 0 saturated heterocycles. The molecule has 1 aromatic heterocycles. The van der Waals surface area contributed by atoms with Crippen LogP contribution in [0.1, 0.15) is 61.7 Å². The Balaban J connectivity index is 1.56. The number of aromatic amines is 1. The maximum absolute atomic E-state index is 13.8. The first kappa shape index (κ1) is 28.1. The van der Waals surface area contributed by atoms with Crippen molar-refractivity contribution in [2.24, 2.45) is 0 Å². The maximum atomic E-state index is 13.8. The van der Waals surface area contributed by atoms with E-state index in [0.717, 1.165) is 22.0 Å². The molecule has 0 atom stereocenters. The van der Waals surface area contributed by atoms with Gasteiger partial charge in [-0.15, -0.1) is 0 Å². The van der Waals surface area contributed by atoms with Crippen molar-refractivity contribution >= 4 is 22.7 Å². The van der Waals surface area contributed by atoms with Crippen molar-refractivity contribution in [2.45, 2.75) is 59.0 Å². The molecule has 4 rings (SSSR count). The Morgan fingerprint density at radius 2 is 1.59 bits per heavy atom. The summed E-state index contributed by atoms with van der Waals surface area (Å²) < 4.78 is 13.4. The minimum Gasteiger partial charge on any atom is -0.361 e. The van der Waals surface area contributed by atoms with Crippen molar-refractivity contribution in [1.82, 2.24) is 14.8 Å². The second-order valence-electron chi connectivity index (χ2n) is 11.4. The van der Waals surface area contributed by atoms with E-state index in [1.165, 1.54) is 29.8 Å². The quantitative estimate of drug-likeness (QED) is 0.263. The number of hydrogen-bond acceptors (Lipinski definition) is 2. The smallest absolute Gasteiger partial charge is 0.254 e. The predicted octanol–water partition coefficient (Wildman–Crippen LogP) is 6.73. The van der Waals surface area contributed by atoms with E-state index in [1.807, 2.05) is 43.1 Å². The number of hydrogen-bond donors (Lipinski definition) is 1. The lowest BCUT2D eigenvalue weighted by molar-refractivity contribution is -0.132. The molecule has 6 heteroatoms. The molecule has 0 unspecified atom stereocenters. The van der Waals surface area contributed by atoms with Gasteiger partial charge in [0.25, 0.3) is 5.91 Å². The molecule has 5 nitrogen and oxygen atoms in total. The summed E-state index contributed by atoms with van der Waals surface area (Å²) in [6.07, 6.45) is 2.69. The highest BCUT2D eigenvalue weighted by Crippen LogP contribution is 2.23. The Kier molecular flexibility index (Phi) is 8.54. The van der Waals surface area contributed by atoms with Crippen LogP contribution in [-0.4, -0.2) is 45.7 Å². The summed E-state index contributed by atoms with van der Waals surface area (Å²) in [5.41, 5.74) is 4.90. The van der Waals surface area contributed by atoms with Crippen LogP contribution in [0, 0.1) is 5.82 Å². The molecule has 0 radical (unpaired) electrons. The lowest BCUT2D eigenvalue weighted by Gasteiger charge is -2.30. The average Bonchev–Trinajstić information content (AvgIpc) is 3.32. The summed E-state index contributed by atoms with van der Waals surface area (Å²) in [6.45, 7) is 11.2. The number of halogens is 1. The zero-order valence-electron chi connectivity index (χ0n) is 23.5. The molecule has 0 bridgehead atoms. The fourth-order valence-electron chi connectivity index (χ4n) is 4.71. The van der Waals surface area contributed by atoms with Gasteiger partial charge >= 0.3 is 0 Å². The number of amides is 2. The second kappa shape index (κ2) is 11.9. The largest absolute Gasteiger partial charge is 0.361 e. The number of nitrogens with one attached hydrogen (secondary N) is 1. The Bertz CT molecular complexity index is 1420. The number of carbonyl (C=O) groups is 2. The van der Waals surface area contributed by atoms with Crippen molar-refractivity contribution in [3.63, 3.8) is 0 Å². The first-order valence-corrected chi connectivity index (χ1v) is 13.5. The Morgan fingerprint density at radius 1 is 0.923 bits per heavy atom. The van der Waals surface area contributed by atoms with Crippen molar-refractivity contribution in [2.75, 3.05) is 13.1 Å². The van der Waals surface area contributed by atoms with Crippen molar-refractivity contribution in [3.8, 4) is 0 Å². The third-order valence-corrected chi connectivity index (χ3v) is 7.15. The van der Waals surface area contributed by atoms with Crippen LogP contribution in [0.15, 0.2) is 79.0 Å². The van der Waals surface area contributed by atoms with Crippen molar-refractivity contribution in [1.29, 1.82) is 0 Å². The van der Waals surface area contributed by atoms with Gasteiger partial charge in [-0.2, -0.15) is 0 Å². The zero-order valence-corrected chi connectivity index (χ0v) is 23.5. The number of rotatable bonds is 9. The van der Waals surface area contributed by atoms with Crippen LogP contribution < -0.4 is 0 Å². The zero-order chi connectivity index (χ0) is 28.2. The molecule has 0 saturated carbocycles. The topological polar surface area (TPSA) is 56.4 Å². The van der Waals surface area contributed by atoms with E-state index in [1.54, 1.807) is 4.90 Å². The van der Waals surface area contributed by atoms with Crippen LogP contribution in [0.2, 0.25) is 0 Å². The molecular weight excluding hydrogens is 489 g/mol. The van der Waals surface area contributed by atoms with Gasteiger partial charge in [0.15, 0.2) is 0 Å². The lowest BCUT2D eigenvalue weighted by Crippen LogP contribution is -2.46. The molecule has 0 aliphatic rings. The normalized spacial score (nSPS) is 11.7. The van der Waals surface area contributed by atoms with Crippen LogP contribution in [-0.2, 0) is 23.2 Å². The fourth-order valence-corrected chi connectivity index (χ4v) is 4.71. The highest BCUT2D eigenvalue weighted by Gasteiger charge is 2.25. The molecule has 0 spiro atoms. The molecular formula is C33H38FN3O2. The third kappa shape index (κ3) is 6.94. The van der Waals surface area contributed by atoms with Crippen LogP contribution in [0.5, 0.6) is 0 Å². The van der Waals surface area contributed by atoms with Crippen LogP contribution in [0.4, 0.5) is 4.39 Å². The summed E-state index contributed by atoms with van der Waals surface area (Å²) in [7, 11) is 0. The fraction of sp³-hybridized carbons (Fsp3) is 0.333. The number of carbonyl (C=O) groups excluding carboxylic acids is 2. The minimum absolute atomic E-state index is 0.0435. The number of nitrogens with zero attached hydrogens (tertiary/aromatic N) is 2. The van der Waals surface area contributed by atoms with Gasteiger partial charge < -0.3 is 14.8 Å². The second-order valence-corrected chi connectivity index (χ2v) is 11.4. The molecule has 0 fully saturated rings. The Morgan fingerprint density at radius 3 is 2.23 bits per heavy atom. The molecule has 204 valence electrons. The number of fused-ring (bicyclic) bond motifs is 1. The molecule has 0 aliphatic heterocycles. The molecule has 2 amide bonds. The number of para-hydroxylation sites is 1. The minimum atomic E-state index is -0.403. The van der Waals surface area contributed by atoms with Crippen LogP contribution in [0.3, 0.4) is 0 Å². The SMILES string of the molecule is CC(C)N(CC(=O)N(CCc1c[nH]c2ccccc12)Cc1ccc(C(C)(C)C)cc1)C(=O)c1ccc(F)cc1. The van der Waals surface area contributed by atoms with E-state index >= 15 is 0 Å². The van der Waals surface area contributed by atoms with E-state index in [2.05, 4.69) is 56.1 Å². The van der Waals surface area contributed by atoms with Crippen LogP contribution in [0.25, 0.3) is 10.9 Å². The first-order chi connectivity index (χ1) is 18.5. The first-order valence-electron chi connectivity index (χ1n) is 13.5. The van der Waals surface area contributed by atoms with E-state index in [4.69, 9.17) is 0 Å². The third-order valence-electron chi connectivity index (χ3n) is 7.15. The van der Waals surface area contributed by atoms with E-state index < -0.39 is 5.82 Å². The van der Waals surface area contributed by atoms with Gasteiger partial charge in [0.2, 0.25) is 5.91 Å². The van der Waals surface area contributed by atoms with Gasteiger partial charge in [0.1, 0.15) is 12.4 Å². The van der Waals surface area contributed by atoms with Crippen molar-refractivity contribution < 1.29 is 14.0 Å². The predicted molar refractivity (Wildman–Crippen MR) is 155 cm³/mol. The summed E-state index contributed by atoms with van der Waals surface area (Å²) in [4.78, 5) is 33.7. The summed E-state index contributed by atoms with van der Waals surface area (Å²) in [5.74, 6) is -0.817. The molecule has 0 aliphatic carbocycles. The molecule has 3 aromatic carbocycles. The number of benzene rings is 3. The summed E-state index contributed by atoms with van der Waals surface area (Å²) in [6, 6.07) is 21.8. The van der Waals surface area contributed by atoms with Crippen LogP contribution >= 0.6 is 0 Å². The Hall–Kier alpha value is -3.93. The van der Waals surface area contributed by atoms with Gasteiger partial charge in [-0.05, 0) is 72.7 Å². The number of aromatic nitrogens is 1. The maximum Gasteiger partial charge on any atom is 0.254 e. The van der Waals surface area contributed by atoms with Gasteiger partial charge in [0, 0.05) is 41.8 Å². The van der Waals surface area contributed by atoms with Gasteiger partial charge in [-0.3, -0.25) is 9.59 Å². The van der Waals surface area contributed by atoms with Gasteiger partial charge in [0.05, 0.1) is 0 Å². The molecule has 4 aromatic rings. The molecule has 1 N–H and O–H groups in total. The average molecular weight is 528 g/mol. The van der Waals surface area contributed by atoms with Gasteiger partial charge in [-0.25, -0.2) is 4.39 Å². The lowest BCUT2D eigenvalue weighted by atomic mass is 9.87. The molecule has 1 heterocycles. The highest BCUT2D eigenvalue weighted by atomic mass is 19.1. The summed E-state index contributed by atoms with van der Waals surface area (Å²) >= 11 is 0. The molecule has 39 heavy (non-hydrogen) atoms. The van der Waals surface area contributed by atoms with E-state index in [9.17, 15) is 14.0 Å².